The van der Waals surface area contributed by atoms with Crippen molar-refractivity contribution < 1.29 is 9.72 Å². The summed E-state index contributed by atoms with van der Waals surface area (Å²) < 4.78 is 0. The third-order valence-electron chi connectivity index (χ3n) is 3.17. The summed E-state index contributed by atoms with van der Waals surface area (Å²) in [6, 6.07) is 4.55. The molecule has 0 aliphatic heterocycles. The highest BCUT2D eigenvalue weighted by Crippen LogP contribution is 2.20. The van der Waals surface area contributed by atoms with Crippen LogP contribution in [0.4, 0.5) is 5.69 Å². The van der Waals surface area contributed by atoms with E-state index >= 15 is 0 Å². The monoisotopic (exact) mass is 342 g/mol. The van der Waals surface area contributed by atoms with E-state index in [2.05, 4.69) is 28.2 Å². The number of nitrogens with zero attached hydrogens (tertiary/aromatic N) is 1. The first-order chi connectivity index (χ1) is 9.47. The van der Waals surface area contributed by atoms with Crippen LogP contribution in [0.3, 0.4) is 0 Å². The van der Waals surface area contributed by atoms with Crippen LogP contribution < -0.4 is 5.32 Å². The number of nitrogens with one attached hydrogen (secondary N) is 1. The van der Waals surface area contributed by atoms with Crippen LogP contribution in [-0.2, 0) is 0 Å². The molecule has 0 aromatic heterocycles. The molecule has 0 saturated heterocycles. The molecule has 1 aromatic rings. The molecule has 1 rings (SSSR count). The summed E-state index contributed by atoms with van der Waals surface area (Å²) in [6.45, 7) is 4.32. The van der Waals surface area contributed by atoms with Gasteiger partial charge in [0.15, 0.2) is 0 Å². The highest BCUT2D eigenvalue weighted by molar-refractivity contribution is 9.09. The number of nitro groups is 1. The average Bonchev–Trinajstić information content (AvgIpc) is 2.42. The maximum absolute atomic E-state index is 12.0. The quantitative estimate of drug-likeness (QED) is 0.357. The topological polar surface area (TPSA) is 72.2 Å². The van der Waals surface area contributed by atoms with Crippen molar-refractivity contribution in [3.05, 3.63) is 39.4 Å². The Morgan fingerprint density at radius 3 is 2.80 bits per heavy atom. The Hall–Kier alpha value is -1.43. The zero-order chi connectivity index (χ0) is 15.1. The second-order valence-electron chi connectivity index (χ2n) is 4.86. The highest BCUT2D eigenvalue weighted by atomic mass is 79.9. The van der Waals surface area contributed by atoms with Gasteiger partial charge in [0.2, 0.25) is 0 Å². The van der Waals surface area contributed by atoms with Crippen LogP contribution in [0.15, 0.2) is 18.2 Å². The highest BCUT2D eigenvalue weighted by Gasteiger charge is 2.17. The summed E-state index contributed by atoms with van der Waals surface area (Å²) in [5.41, 5.74) is 0.752. The van der Waals surface area contributed by atoms with E-state index in [0.717, 1.165) is 18.2 Å². The predicted octanol–water partition coefficient (Wildman–Crippen LogP) is 3.44. The van der Waals surface area contributed by atoms with Crippen LogP contribution in [0.2, 0.25) is 0 Å². The van der Waals surface area contributed by atoms with Gasteiger partial charge in [-0.05, 0) is 31.7 Å². The molecule has 1 N–H and O–H groups in total. The van der Waals surface area contributed by atoms with Crippen molar-refractivity contribution in [2.75, 3.05) is 11.9 Å². The first-order valence-electron chi connectivity index (χ1n) is 6.55. The summed E-state index contributed by atoms with van der Waals surface area (Å²) in [4.78, 5) is 22.4. The van der Waals surface area contributed by atoms with E-state index in [9.17, 15) is 14.9 Å². The molecule has 0 heterocycles. The number of hydrogen-bond donors (Lipinski definition) is 1. The van der Waals surface area contributed by atoms with Gasteiger partial charge in [0.05, 0.1) is 4.92 Å². The van der Waals surface area contributed by atoms with Crippen molar-refractivity contribution in [3.8, 4) is 0 Å². The minimum absolute atomic E-state index is 0.0226. The lowest BCUT2D eigenvalue weighted by atomic mass is 10.1. The first kappa shape index (κ1) is 16.6. The summed E-state index contributed by atoms with van der Waals surface area (Å²) in [6.07, 6.45) is 1.92. The van der Waals surface area contributed by atoms with Crippen LogP contribution in [0, 0.1) is 23.0 Å². The van der Waals surface area contributed by atoms with E-state index in [1.165, 1.54) is 12.1 Å². The Morgan fingerprint density at radius 1 is 1.50 bits per heavy atom. The van der Waals surface area contributed by atoms with Gasteiger partial charge in [0.1, 0.15) is 0 Å². The number of nitro benzene ring substituents is 1. The fraction of sp³-hybridized carbons (Fsp3) is 0.500. The molecular weight excluding hydrogens is 324 g/mol. The first-order valence-corrected chi connectivity index (χ1v) is 7.67. The number of alkyl halides is 1. The Morgan fingerprint density at radius 2 is 2.20 bits per heavy atom. The zero-order valence-corrected chi connectivity index (χ0v) is 13.3. The molecule has 1 atom stereocenters. The van der Waals surface area contributed by atoms with Gasteiger partial charge < -0.3 is 5.32 Å². The van der Waals surface area contributed by atoms with E-state index in [4.69, 9.17) is 0 Å². The lowest BCUT2D eigenvalue weighted by molar-refractivity contribution is -0.385. The van der Waals surface area contributed by atoms with Gasteiger partial charge in [-0.25, -0.2) is 0 Å². The molecule has 0 saturated carbocycles. The van der Waals surface area contributed by atoms with Gasteiger partial charge in [-0.2, -0.15) is 0 Å². The largest absolute Gasteiger partial charge is 0.352 e. The third-order valence-corrected chi connectivity index (χ3v) is 4.27. The van der Waals surface area contributed by atoms with Gasteiger partial charge >= 0.3 is 0 Å². The van der Waals surface area contributed by atoms with Gasteiger partial charge in [0.25, 0.3) is 11.6 Å². The minimum Gasteiger partial charge on any atom is -0.352 e. The van der Waals surface area contributed by atoms with Gasteiger partial charge in [-0.3, -0.25) is 14.9 Å². The van der Waals surface area contributed by atoms with Crippen LogP contribution >= 0.6 is 15.9 Å². The number of carbonyl (C=O) groups excluding carboxylic acids is 1. The number of rotatable bonds is 7. The minimum atomic E-state index is -0.468. The van der Waals surface area contributed by atoms with Gasteiger partial charge in [0, 0.05) is 29.1 Å². The maximum Gasteiger partial charge on any atom is 0.273 e. The number of hydrogen-bond acceptors (Lipinski definition) is 3. The molecule has 20 heavy (non-hydrogen) atoms. The molecule has 0 bridgehead atoms. The molecule has 1 unspecified atom stereocenters. The molecule has 1 amide bonds. The van der Waals surface area contributed by atoms with Crippen molar-refractivity contribution in [3.63, 3.8) is 0 Å². The molecular formula is C14H19BrN2O3. The van der Waals surface area contributed by atoms with Crippen molar-refractivity contribution in [1.82, 2.24) is 5.32 Å². The average molecular weight is 343 g/mol. The Kier molecular flexibility index (Phi) is 6.64. The lowest BCUT2D eigenvalue weighted by Crippen LogP contribution is -2.25. The van der Waals surface area contributed by atoms with Crippen LogP contribution in [0.25, 0.3) is 0 Å². The zero-order valence-electron chi connectivity index (χ0n) is 11.7. The van der Waals surface area contributed by atoms with Crippen LogP contribution in [-0.4, -0.2) is 22.7 Å². The number of carbonyl (C=O) groups is 1. The Labute approximate surface area is 127 Å². The standard InChI is InChI=1S/C14H19BrN2O3/c1-10(9-15)5-4-8-16-14(18)12-6-3-7-13(11(12)2)17(19)20/h3,6-7,10H,4-5,8-9H2,1-2H3,(H,16,18). The number of benzene rings is 1. The molecule has 6 heteroatoms. The summed E-state index contributed by atoms with van der Waals surface area (Å²) >= 11 is 3.41. The molecule has 0 aliphatic carbocycles. The predicted molar refractivity (Wildman–Crippen MR) is 82.4 cm³/mol. The van der Waals surface area contributed by atoms with Crippen LogP contribution in [0.5, 0.6) is 0 Å². The fourth-order valence-corrected chi connectivity index (χ4v) is 2.22. The molecule has 0 fully saturated rings. The van der Waals surface area contributed by atoms with Crippen LogP contribution in [0.1, 0.15) is 35.7 Å². The molecule has 0 spiro atoms. The SMILES string of the molecule is Cc1c(C(=O)NCCCC(C)CBr)cccc1[N+](=O)[O-]. The van der Waals surface area contributed by atoms with E-state index in [1.54, 1.807) is 13.0 Å². The van der Waals surface area contributed by atoms with E-state index < -0.39 is 4.92 Å². The fourth-order valence-electron chi connectivity index (χ4n) is 1.89. The van der Waals surface area contributed by atoms with Gasteiger partial charge in [-0.1, -0.05) is 28.9 Å². The summed E-state index contributed by atoms with van der Waals surface area (Å²) in [7, 11) is 0. The molecule has 0 radical (unpaired) electrons. The van der Waals surface area contributed by atoms with Crippen molar-refractivity contribution in [1.29, 1.82) is 0 Å². The lowest BCUT2D eigenvalue weighted by Gasteiger charge is -2.09. The van der Waals surface area contributed by atoms with Crippen molar-refractivity contribution >= 4 is 27.5 Å². The van der Waals surface area contributed by atoms with E-state index in [1.807, 2.05) is 0 Å². The second kappa shape index (κ2) is 7.99. The van der Waals surface area contributed by atoms with E-state index in [-0.39, 0.29) is 11.6 Å². The second-order valence-corrected chi connectivity index (χ2v) is 5.51. The maximum atomic E-state index is 12.0. The smallest absolute Gasteiger partial charge is 0.273 e. The molecule has 5 nitrogen and oxygen atoms in total. The number of halogens is 1. The summed E-state index contributed by atoms with van der Waals surface area (Å²) in [5.74, 6) is 0.323. The Bertz CT molecular complexity index is 491. The molecule has 0 aliphatic rings. The van der Waals surface area contributed by atoms with Crippen molar-refractivity contribution in [2.24, 2.45) is 5.92 Å². The third kappa shape index (κ3) is 4.59. The van der Waals surface area contributed by atoms with E-state index in [0.29, 0.717) is 23.6 Å². The molecule has 1 aromatic carbocycles. The molecule has 110 valence electrons. The van der Waals surface area contributed by atoms with Gasteiger partial charge in [-0.15, -0.1) is 0 Å². The summed E-state index contributed by atoms with van der Waals surface area (Å²) in [5, 5.41) is 14.6. The van der Waals surface area contributed by atoms with Crippen molar-refractivity contribution in [2.45, 2.75) is 26.7 Å². The normalized spacial score (nSPS) is 11.9. The number of amides is 1. The Balaban J connectivity index is 2.60.